The first-order valence-electron chi connectivity index (χ1n) is 11.0. The van der Waals surface area contributed by atoms with Gasteiger partial charge in [-0.05, 0) is 54.8 Å². The van der Waals surface area contributed by atoms with Crippen LogP contribution >= 0.6 is 24.0 Å². The van der Waals surface area contributed by atoms with E-state index < -0.39 is 0 Å². The van der Waals surface area contributed by atoms with E-state index in [0.717, 1.165) is 36.4 Å². The van der Waals surface area contributed by atoms with Crippen molar-refractivity contribution in [3.8, 4) is 11.5 Å². The fourth-order valence-corrected chi connectivity index (χ4v) is 3.46. The molecule has 2 aromatic carbocycles. The van der Waals surface area contributed by atoms with E-state index in [-0.39, 0.29) is 35.5 Å². The Labute approximate surface area is 215 Å². The first-order valence-corrected chi connectivity index (χ1v) is 11.0. The highest BCUT2D eigenvalue weighted by Gasteiger charge is 2.07. The van der Waals surface area contributed by atoms with Crippen molar-refractivity contribution < 1.29 is 9.13 Å². The molecular formula is C25H28FIN6O. The van der Waals surface area contributed by atoms with Crippen molar-refractivity contribution in [3.63, 3.8) is 0 Å². The summed E-state index contributed by atoms with van der Waals surface area (Å²) in [6.45, 7) is 1.38. The quantitative estimate of drug-likeness (QED) is 0.132. The van der Waals surface area contributed by atoms with Crippen LogP contribution in [0.1, 0.15) is 17.8 Å². The van der Waals surface area contributed by atoms with Crippen LogP contribution in [0.3, 0.4) is 0 Å². The van der Waals surface area contributed by atoms with E-state index in [1.165, 1.54) is 6.07 Å². The summed E-state index contributed by atoms with van der Waals surface area (Å²) in [6, 6.07) is 20.1. The highest BCUT2D eigenvalue weighted by Crippen LogP contribution is 2.25. The van der Waals surface area contributed by atoms with Gasteiger partial charge in [0.05, 0.1) is 0 Å². The van der Waals surface area contributed by atoms with Gasteiger partial charge in [-0.2, -0.15) is 0 Å². The van der Waals surface area contributed by atoms with Crippen LogP contribution in [-0.4, -0.2) is 40.7 Å². The predicted octanol–water partition coefficient (Wildman–Crippen LogP) is 4.62. The number of guanidine groups is 1. The smallest absolute Gasteiger partial charge is 0.190 e. The number of halogens is 2. The van der Waals surface area contributed by atoms with E-state index in [0.29, 0.717) is 24.7 Å². The van der Waals surface area contributed by atoms with E-state index in [4.69, 9.17) is 4.74 Å². The van der Waals surface area contributed by atoms with E-state index in [1.54, 1.807) is 25.2 Å². The number of para-hydroxylation sites is 1. The summed E-state index contributed by atoms with van der Waals surface area (Å²) in [5.41, 5.74) is 1.74. The Kier molecular flexibility index (Phi) is 9.62. The van der Waals surface area contributed by atoms with Crippen LogP contribution in [0.5, 0.6) is 11.5 Å². The minimum atomic E-state index is -0.375. The van der Waals surface area contributed by atoms with Crippen LogP contribution in [0.4, 0.5) is 4.39 Å². The van der Waals surface area contributed by atoms with Gasteiger partial charge in [-0.15, -0.1) is 34.2 Å². The normalized spacial score (nSPS) is 11.2. The lowest BCUT2D eigenvalue weighted by molar-refractivity contribution is 0.441. The maximum Gasteiger partial charge on any atom is 0.190 e. The van der Waals surface area contributed by atoms with Crippen molar-refractivity contribution in [1.29, 1.82) is 0 Å². The third kappa shape index (κ3) is 6.89. The zero-order chi connectivity index (χ0) is 22.9. The van der Waals surface area contributed by atoms with Crippen LogP contribution in [0.2, 0.25) is 0 Å². The molecule has 0 radical (unpaired) electrons. The zero-order valence-electron chi connectivity index (χ0n) is 18.9. The summed E-state index contributed by atoms with van der Waals surface area (Å²) in [4.78, 5) is 4.25. The molecule has 9 heteroatoms. The standard InChI is InChI=1S/C25H27FN6O.HI/c1-27-25(28-15-7-11-24-31-30-23-10-5-6-17-32(23)24)29-16-14-19-12-13-22(21(26)18-19)33-20-8-3-2-4-9-20;/h2-6,8-10,12-13,17-18H,7,11,14-16H2,1H3,(H2,27,28,29);1H. The SMILES string of the molecule is CN=C(NCCCc1nnc2ccccn12)NCCc1ccc(Oc2ccccc2)c(F)c1.I. The van der Waals surface area contributed by atoms with Gasteiger partial charge < -0.3 is 15.4 Å². The van der Waals surface area contributed by atoms with Crippen molar-refractivity contribution in [1.82, 2.24) is 25.2 Å². The highest BCUT2D eigenvalue weighted by atomic mass is 127. The Balaban J connectivity index is 0.00000324. The third-order valence-corrected chi connectivity index (χ3v) is 5.15. The van der Waals surface area contributed by atoms with Gasteiger partial charge in [-0.25, -0.2) is 4.39 Å². The summed E-state index contributed by atoms with van der Waals surface area (Å²) < 4.78 is 22.0. The summed E-state index contributed by atoms with van der Waals surface area (Å²) in [5, 5.41) is 15.0. The Morgan fingerprint density at radius 1 is 0.971 bits per heavy atom. The second kappa shape index (κ2) is 12.9. The Hall–Kier alpha value is -3.21. The maximum atomic E-state index is 14.4. The second-order valence-corrected chi connectivity index (χ2v) is 7.50. The van der Waals surface area contributed by atoms with Gasteiger partial charge in [0.1, 0.15) is 11.6 Å². The van der Waals surface area contributed by atoms with Gasteiger partial charge >= 0.3 is 0 Å². The number of aliphatic imine (C=N–C) groups is 1. The van der Waals surface area contributed by atoms with Crippen molar-refractivity contribution in [2.45, 2.75) is 19.3 Å². The summed E-state index contributed by atoms with van der Waals surface area (Å²) in [5.74, 6) is 2.11. The fourth-order valence-electron chi connectivity index (χ4n) is 3.46. The van der Waals surface area contributed by atoms with Gasteiger partial charge in [0.2, 0.25) is 0 Å². The number of nitrogens with zero attached hydrogens (tertiary/aromatic N) is 4. The molecule has 0 bridgehead atoms. The minimum absolute atomic E-state index is 0. The minimum Gasteiger partial charge on any atom is -0.454 e. The molecule has 0 unspecified atom stereocenters. The zero-order valence-corrected chi connectivity index (χ0v) is 21.3. The predicted molar refractivity (Wildman–Crippen MR) is 143 cm³/mol. The maximum absolute atomic E-state index is 14.4. The largest absolute Gasteiger partial charge is 0.454 e. The van der Waals surface area contributed by atoms with Crippen molar-refractivity contribution in [2.75, 3.05) is 20.1 Å². The fraction of sp³-hybridized carbons (Fsp3) is 0.240. The molecule has 2 aromatic heterocycles. The number of fused-ring (bicyclic) bond motifs is 1. The van der Waals surface area contributed by atoms with Gasteiger partial charge in [0.25, 0.3) is 0 Å². The molecule has 0 aliphatic carbocycles. The van der Waals surface area contributed by atoms with E-state index in [1.807, 2.05) is 53.1 Å². The number of aryl methyl sites for hydroxylation is 1. The Bertz CT molecular complexity index is 1210. The molecule has 0 spiro atoms. The number of hydrogen-bond donors (Lipinski definition) is 2. The molecule has 4 aromatic rings. The molecule has 0 saturated heterocycles. The lowest BCUT2D eigenvalue weighted by atomic mass is 10.1. The molecule has 178 valence electrons. The Morgan fingerprint density at radius 2 is 1.76 bits per heavy atom. The van der Waals surface area contributed by atoms with Crippen molar-refractivity contribution in [2.24, 2.45) is 4.99 Å². The molecule has 4 rings (SSSR count). The average Bonchev–Trinajstić information content (AvgIpc) is 3.26. The summed E-state index contributed by atoms with van der Waals surface area (Å²) >= 11 is 0. The van der Waals surface area contributed by atoms with Gasteiger partial charge in [0.15, 0.2) is 23.2 Å². The monoisotopic (exact) mass is 574 g/mol. The summed E-state index contributed by atoms with van der Waals surface area (Å²) in [6.07, 6.45) is 4.34. The average molecular weight is 574 g/mol. The van der Waals surface area contributed by atoms with Gasteiger partial charge in [-0.1, -0.05) is 30.3 Å². The number of pyridine rings is 1. The topological polar surface area (TPSA) is 75.8 Å². The molecule has 2 heterocycles. The number of aromatic nitrogens is 3. The van der Waals surface area contributed by atoms with Gasteiger partial charge in [-0.3, -0.25) is 9.39 Å². The molecule has 0 amide bonds. The molecule has 0 aliphatic rings. The number of nitrogens with one attached hydrogen (secondary N) is 2. The van der Waals surface area contributed by atoms with E-state index in [2.05, 4.69) is 25.8 Å². The van der Waals surface area contributed by atoms with Crippen LogP contribution in [0, 0.1) is 5.82 Å². The van der Waals surface area contributed by atoms with Crippen LogP contribution < -0.4 is 15.4 Å². The van der Waals surface area contributed by atoms with Crippen molar-refractivity contribution in [3.05, 3.63) is 90.1 Å². The molecule has 0 saturated carbocycles. The lowest BCUT2D eigenvalue weighted by Crippen LogP contribution is -2.38. The molecule has 0 fully saturated rings. The molecular weight excluding hydrogens is 546 g/mol. The number of ether oxygens (including phenoxy) is 1. The first kappa shape index (κ1) is 25.4. The third-order valence-electron chi connectivity index (χ3n) is 5.15. The van der Waals surface area contributed by atoms with E-state index >= 15 is 0 Å². The Morgan fingerprint density at radius 3 is 2.56 bits per heavy atom. The highest BCUT2D eigenvalue weighted by molar-refractivity contribution is 14.0. The number of hydrogen-bond acceptors (Lipinski definition) is 4. The van der Waals surface area contributed by atoms with E-state index in [9.17, 15) is 4.39 Å². The molecule has 0 atom stereocenters. The van der Waals surface area contributed by atoms with Crippen LogP contribution in [0.25, 0.3) is 5.65 Å². The number of rotatable bonds is 9. The molecule has 34 heavy (non-hydrogen) atoms. The van der Waals surface area contributed by atoms with Gasteiger partial charge in [0, 0.05) is 32.8 Å². The van der Waals surface area contributed by atoms with Crippen LogP contribution in [0.15, 0.2) is 77.9 Å². The molecule has 7 nitrogen and oxygen atoms in total. The number of benzene rings is 2. The second-order valence-electron chi connectivity index (χ2n) is 7.50. The molecule has 0 aliphatic heterocycles. The first-order chi connectivity index (χ1) is 16.2. The summed E-state index contributed by atoms with van der Waals surface area (Å²) in [7, 11) is 1.73. The van der Waals surface area contributed by atoms with Crippen LogP contribution in [-0.2, 0) is 12.8 Å². The van der Waals surface area contributed by atoms with Crippen molar-refractivity contribution >= 4 is 35.6 Å². The molecule has 2 N–H and O–H groups in total. The lowest BCUT2D eigenvalue weighted by Gasteiger charge is -2.12.